The lowest BCUT2D eigenvalue weighted by Crippen LogP contribution is -2.69. The van der Waals surface area contributed by atoms with Crippen molar-refractivity contribution in [1.82, 2.24) is 10.6 Å². The van der Waals surface area contributed by atoms with Gasteiger partial charge in [0.1, 0.15) is 12.1 Å². The highest BCUT2D eigenvalue weighted by atomic mass is 16.5. The summed E-state index contributed by atoms with van der Waals surface area (Å²) in [6.45, 7) is 26.1. The van der Waals surface area contributed by atoms with Crippen LogP contribution in [0.3, 0.4) is 0 Å². The summed E-state index contributed by atoms with van der Waals surface area (Å²) in [5, 5.41) is 25.4. The molecule has 5 saturated carbocycles. The predicted octanol–water partition coefficient (Wildman–Crippen LogP) is 8.61. The average Bonchev–Trinajstić information content (AvgIpc) is 3.36. The van der Waals surface area contributed by atoms with E-state index in [1.807, 2.05) is 27.7 Å². The highest BCUT2D eigenvalue weighted by Gasteiger charge is 2.71. The zero-order chi connectivity index (χ0) is 38.1. The molecule has 4 N–H and O–H groups in total. The average molecular weight is 713 g/mol. The molecule has 0 radical (unpaired) electrons. The van der Waals surface area contributed by atoms with Crippen LogP contribution in [0, 0.1) is 62.6 Å². The van der Waals surface area contributed by atoms with Gasteiger partial charge in [-0.1, -0.05) is 74.5 Å². The standard InChI is InChI=1S/C42H68N2O7/c1-24(2)26-14-19-42(44-36(50)43-34(25(3)4)35(48)49)21-20-40(10)27(33(26)42)12-13-29-39(9)17-16-30(38(7,8)28(39)15-18-41(29,40)11)51-32(47)23-37(5,6)22-31(45)46/h25-30,33-34H,1,12-23H2,2-11H3,(H,45,46)(H,48,49)(H2,43,44,50)/t26-,27+,28-,29+,30-,33+,34+,39-,40+,41+,42-/m0/s1. The number of hydrogen-bond donors (Lipinski definition) is 4. The van der Waals surface area contributed by atoms with Gasteiger partial charge in [-0.25, -0.2) is 9.59 Å². The molecule has 0 saturated heterocycles. The number of amides is 2. The summed E-state index contributed by atoms with van der Waals surface area (Å²) in [4.78, 5) is 50.1. The van der Waals surface area contributed by atoms with E-state index < -0.39 is 23.4 Å². The SMILES string of the molecule is C=C(C)[C@@H]1CC[C@]2(NC(=O)N[C@@H](C(=O)O)C(C)C)CC[C@]3(C)[C@H](CC[C@@H]4[C@@]5(C)CC[C@H](OC(=O)CC(C)(C)CC(=O)O)C(C)(C)[C@@H]5CC[C@]43C)[C@@H]12. The van der Waals surface area contributed by atoms with Gasteiger partial charge < -0.3 is 25.6 Å². The molecule has 2 amide bonds. The number of carbonyl (C=O) groups is 4. The molecule has 11 atom stereocenters. The first-order valence-electron chi connectivity index (χ1n) is 19.8. The van der Waals surface area contributed by atoms with Gasteiger partial charge in [-0.05, 0) is 128 Å². The van der Waals surface area contributed by atoms with Crippen molar-refractivity contribution in [2.45, 2.75) is 164 Å². The number of urea groups is 1. The molecule has 288 valence electrons. The molecule has 0 heterocycles. The molecule has 0 aromatic carbocycles. The van der Waals surface area contributed by atoms with E-state index in [1.54, 1.807) is 0 Å². The Bertz CT molecular complexity index is 1420. The van der Waals surface area contributed by atoms with Gasteiger partial charge in [-0.3, -0.25) is 9.59 Å². The number of ether oxygens (including phenoxy) is 1. The van der Waals surface area contributed by atoms with Gasteiger partial charge in [-0.15, -0.1) is 0 Å². The molecule has 5 aliphatic rings. The maximum absolute atomic E-state index is 13.6. The number of fused-ring (bicyclic) bond motifs is 7. The third kappa shape index (κ3) is 6.64. The Labute approximate surface area is 306 Å². The Hall–Kier alpha value is -2.58. The Kier molecular flexibility index (Phi) is 10.4. The van der Waals surface area contributed by atoms with E-state index >= 15 is 0 Å². The molecular formula is C42H68N2O7. The van der Waals surface area contributed by atoms with Crippen molar-refractivity contribution in [3.63, 3.8) is 0 Å². The smallest absolute Gasteiger partial charge is 0.326 e. The molecule has 0 aliphatic heterocycles. The van der Waals surface area contributed by atoms with Crippen molar-refractivity contribution in [3.05, 3.63) is 12.2 Å². The van der Waals surface area contributed by atoms with Gasteiger partial charge in [0, 0.05) is 11.0 Å². The maximum atomic E-state index is 13.6. The molecule has 0 spiro atoms. The quantitative estimate of drug-likeness (QED) is 0.131. The van der Waals surface area contributed by atoms with Crippen LogP contribution < -0.4 is 10.6 Å². The largest absolute Gasteiger partial charge is 0.481 e. The molecule has 5 fully saturated rings. The Morgan fingerprint density at radius 1 is 0.843 bits per heavy atom. The molecule has 9 nitrogen and oxygen atoms in total. The van der Waals surface area contributed by atoms with Crippen LogP contribution in [0.5, 0.6) is 0 Å². The van der Waals surface area contributed by atoms with Crippen molar-refractivity contribution in [2.75, 3.05) is 0 Å². The molecule has 0 unspecified atom stereocenters. The number of esters is 1. The van der Waals surface area contributed by atoms with E-state index in [2.05, 4.69) is 58.8 Å². The molecule has 0 aromatic heterocycles. The van der Waals surface area contributed by atoms with Gasteiger partial charge in [0.25, 0.3) is 0 Å². The van der Waals surface area contributed by atoms with Crippen LogP contribution >= 0.6 is 0 Å². The predicted molar refractivity (Wildman–Crippen MR) is 198 cm³/mol. The number of carboxylic acids is 2. The van der Waals surface area contributed by atoms with Gasteiger partial charge in [0.2, 0.25) is 0 Å². The summed E-state index contributed by atoms with van der Waals surface area (Å²) < 4.78 is 6.25. The fourth-order valence-electron chi connectivity index (χ4n) is 13.5. The second-order valence-electron chi connectivity index (χ2n) is 20.3. The molecule has 9 heteroatoms. The minimum Gasteiger partial charge on any atom is -0.481 e. The first-order chi connectivity index (χ1) is 23.4. The molecule has 0 aromatic rings. The van der Waals surface area contributed by atoms with Gasteiger partial charge in [-0.2, -0.15) is 0 Å². The summed E-state index contributed by atoms with van der Waals surface area (Å²) >= 11 is 0. The van der Waals surface area contributed by atoms with Gasteiger partial charge >= 0.3 is 23.9 Å². The molecule has 0 bridgehead atoms. The van der Waals surface area contributed by atoms with Gasteiger partial charge in [0.15, 0.2) is 0 Å². The van der Waals surface area contributed by atoms with Crippen LogP contribution in [-0.4, -0.2) is 51.8 Å². The summed E-state index contributed by atoms with van der Waals surface area (Å²) in [7, 11) is 0. The summed E-state index contributed by atoms with van der Waals surface area (Å²) in [5.41, 5.74) is 0.190. The number of carboxylic acid groups (broad SMARTS) is 2. The second-order valence-corrected chi connectivity index (χ2v) is 20.3. The zero-order valence-electron chi connectivity index (χ0n) is 33.2. The topological polar surface area (TPSA) is 142 Å². The fourth-order valence-corrected chi connectivity index (χ4v) is 13.5. The van der Waals surface area contributed by atoms with Crippen molar-refractivity contribution >= 4 is 23.9 Å². The molecule has 51 heavy (non-hydrogen) atoms. The van der Waals surface area contributed by atoms with E-state index in [-0.39, 0.29) is 70.0 Å². The number of rotatable bonds is 10. The lowest BCUT2D eigenvalue weighted by molar-refractivity contribution is -0.246. The lowest BCUT2D eigenvalue weighted by atomic mass is 9.32. The van der Waals surface area contributed by atoms with E-state index in [1.165, 1.54) is 5.57 Å². The van der Waals surface area contributed by atoms with Crippen LogP contribution in [0.4, 0.5) is 4.79 Å². The molecule has 5 aliphatic carbocycles. The van der Waals surface area contributed by atoms with E-state index in [9.17, 15) is 29.4 Å². The van der Waals surface area contributed by atoms with Crippen LogP contribution in [-0.2, 0) is 19.1 Å². The van der Waals surface area contributed by atoms with Crippen molar-refractivity contribution in [1.29, 1.82) is 0 Å². The van der Waals surface area contributed by atoms with E-state index in [0.717, 1.165) is 64.2 Å². The number of nitrogens with one attached hydrogen (secondary N) is 2. The maximum Gasteiger partial charge on any atom is 0.326 e. The number of carbonyl (C=O) groups excluding carboxylic acids is 2. The Morgan fingerprint density at radius 3 is 2.10 bits per heavy atom. The minimum atomic E-state index is -1.01. The Morgan fingerprint density at radius 2 is 1.51 bits per heavy atom. The van der Waals surface area contributed by atoms with Crippen LogP contribution in [0.2, 0.25) is 0 Å². The minimum absolute atomic E-state index is 0.0684. The van der Waals surface area contributed by atoms with Crippen LogP contribution in [0.15, 0.2) is 12.2 Å². The molecular weight excluding hydrogens is 644 g/mol. The third-order valence-corrected chi connectivity index (χ3v) is 16.1. The van der Waals surface area contributed by atoms with E-state index in [0.29, 0.717) is 23.7 Å². The summed E-state index contributed by atoms with van der Waals surface area (Å²) in [6, 6.07) is -1.31. The Balaban J connectivity index is 1.39. The zero-order valence-corrected chi connectivity index (χ0v) is 33.2. The molecule has 5 rings (SSSR count). The third-order valence-electron chi connectivity index (χ3n) is 16.1. The normalized spacial score (nSPS) is 40.5. The highest BCUT2D eigenvalue weighted by molar-refractivity contribution is 5.83. The van der Waals surface area contributed by atoms with Crippen molar-refractivity contribution in [3.8, 4) is 0 Å². The number of allylic oxidation sites excluding steroid dienone is 1. The first kappa shape index (κ1) is 39.6. The fraction of sp³-hybridized carbons (Fsp3) is 0.857. The monoisotopic (exact) mass is 713 g/mol. The first-order valence-corrected chi connectivity index (χ1v) is 19.8. The van der Waals surface area contributed by atoms with Crippen LogP contribution in [0.25, 0.3) is 0 Å². The van der Waals surface area contributed by atoms with Crippen molar-refractivity contribution < 1.29 is 34.1 Å². The number of hydrogen-bond acceptors (Lipinski definition) is 5. The lowest BCUT2D eigenvalue weighted by Gasteiger charge is -2.73. The number of aliphatic carboxylic acids is 2. The second kappa shape index (κ2) is 13.4. The van der Waals surface area contributed by atoms with Crippen molar-refractivity contribution in [2.24, 2.45) is 62.6 Å². The highest BCUT2D eigenvalue weighted by Crippen LogP contribution is 2.76. The van der Waals surface area contributed by atoms with Gasteiger partial charge in [0.05, 0.1) is 12.8 Å². The summed E-state index contributed by atoms with van der Waals surface area (Å²) in [6.07, 6.45) is 9.83. The van der Waals surface area contributed by atoms with E-state index in [4.69, 9.17) is 4.74 Å². The summed E-state index contributed by atoms with van der Waals surface area (Å²) in [5.74, 6) is -0.542. The van der Waals surface area contributed by atoms with Crippen LogP contribution in [0.1, 0.15) is 146 Å².